The molecule has 112 valence electrons. The molecule has 0 radical (unpaired) electrons. The molecule has 21 heavy (non-hydrogen) atoms. The van der Waals surface area contributed by atoms with Crippen molar-refractivity contribution in [3.8, 4) is 0 Å². The SMILES string of the molecule is Cc1ccc(C)c(S(=O)(=O)Nc2c(C)cc(N)cc2C)c1. The van der Waals surface area contributed by atoms with Gasteiger partial charge in [-0.3, -0.25) is 4.72 Å². The van der Waals surface area contributed by atoms with Crippen LogP contribution >= 0.6 is 0 Å². The molecular weight excluding hydrogens is 284 g/mol. The number of nitrogens with two attached hydrogens (primary N) is 1. The Morgan fingerprint density at radius 3 is 2.05 bits per heavy atom. The second-order valence-electron chi connectivity index (χ2n) is 5.40. The van der Waals surface area contributed by atoms with Gasteiger partial charge in [0, 0.05) is 5.69 Å². The van der Waals surface area contributed by atoms with Gasteiger partial charge in [-0.25, -0.2) is 8.42 Å². The van der Waals surface area contributed by atoms with Gasteiger partial charge in [-0.15, -0.1) is 0 Å². The molecule has 0 bridgehead atoms. The Hall–Kier alpha value is -2.01. The Morgan fingerprint density at radius 1 is 0.905 bits per heavy atom. The van der Waals surface area contributed by atoms with E-state index >= 15 is 0 Å². The van der Waals surface area contributed by atoms with Gasteiger partial charge in [0.25, 0.3) is 10.0 Å². The Labute approximate surface area is 126 Å². The molecule has 0 aliphatic rings. The van der Waals surface area contributed by atoms with Crippen molar-refractivity contribution < 1.29 is 8.42 Å². The Kier molecular flexibility index (Phi) is 3.96. The van der Waals surface area contributed by atoms with Gasteiger partial charge in [0.2, 0.25) is 0 Å². The number of nitrogen functional groups attached to an aromatic ring is 1. The van der Waals surface area contributed by atoms with Crippen LogP contribution in [0.5, 0.6) is 0 Å². The maximum absolute atomic E-state index is 12.6. The van der Waals surface area contributed by atoms with E-state index in [0.717, 1.165) is 22.3 Å². The molecule has 0 atom stereocenters. The molecule has 0 aliphatic carbocycles. The minimum Gasteiger partial charge on any atom is -0.399 e. The van der Waals surface area contributed by atoms with Gasteiger partial charge >= 0.3 is 0 Å². The van der Waals surface area contributed by atoms with Crippen LogP contribution in [0, 0.1) is 27.7 Å². The van der Waals surface area contributed by atoms with E-state index in [2.05, 4.69) is 4.72 Å². The third-order valence-electron chi connectivity index (χ3n) is 3.42. The average Bonchev–Trinajstić information content (AvgIpc) is 2.36. The van der Waals surface area contributed by atoms with Gasteiger partial charge < -0.3 is 5.73 Å². The van der Waals surface area contributed by atoms with E-state index in [9.17, 15) is 8.42 Å². The van der Waals surface area contributed by atoms with Crippen LogP contribution in [-0.4, -0.2) is 8.42 Å². The smallest absolute Gasteiger partial charge is 0.262 e. The van der Waals surface area contributed by atoms with E-state index in [1.54, 1.807) is 25.1 Å². The number of anilines is 2. The number of benzene rings is 2. The Bertz CT molecular complexity index is 773. The Balaban J connectivity index is 2.50. The lowest BCUT2D eigenvalue weighted by molar-refractivity contribution is 0.600. The van der Waals surface area contributed by atoms with Crippen LogP contribution in [0.15, 0.2) is 35.2 Å². The summed E-state index contributed by atoms with van der Waals surface area (Å²) in [5.74, 6) is 0. The highest BCUT2D eigenvalue weighted by Gasteiger charge is 2.19. The molecule has 2 rings (SSSR count). The second-order valence-corrected chi connectivity index (χ2v) is 7.05. The molecule has 0 aromatic heterocycles. The van der Waals surface area contributed by atoms with Gasteiger partial charge in [0.1, 0.15) is 0 Å². The third-order valence-corrected chi connectivity index (χ3v) is 4.92. The maximum atomic E-state index is 12.6. The van der Waals surface area contributed by atoms with E-state index in [-0.39, 0.29) is 0 Å². The van der Waals surface area contributed by atoms with Crippen molar-refractivity contribution in [3.05, 3.63) is 52.6 Å². The summed E-state index contributed by atoms with van der Waals surface area (Å²) in [7, 11) is -3.62. The van der Waals surface area contributed by atoms with Gasteiger partial charge in [-0.1, -0.05) is 12.1 Å². The molecule has 0 aliphatic heterocycles. The lowest BCUT2D eigenvalue weighted by Crippen LogP contribution is -2.16. The normalized spacial score (nSPS) is 11.4. The first-order chi connectivity index (χ1) is 9.70. The first-order valence-corrected chi connectivity index (χ1v) is 8.16. The van der Waals surface area contributed by atoms with Gasteiger partial charge in [-0.05, 0) is 68.1 Å². The first-order valence-electron chi connectivity index (χ1n) is 6.67. The van der Waals surface area contributed by atoms with Gasteiger partial charge in [0.15, 0.2) is 0 Å². The molecule has 4 nitrogen and oxygen atoms in total. The van der Waals surface area contributed by atoms with Crippen molar-refractivity contribution in [2.24, 2.45) is 0 Å². The molecule has 0 fully saturated rings. The average molecular weight is 304 g/mol. The predicted octanol–water partition coefficient (Wildman–Crippen LogP) is 3.30. The molecule has 0 unspecified atom stereocenters. The fraction of sp³-hybridized carbons (Fsp3) is 0.250. The molecule has 2 aromatic rings. The van der Waals surface area contributed by atoms with Crippen molar-refractivity contribution in [2.75, 3.05) is 10.5 Å². The van der Waals surface area contributed by atoms with Crippen molar-refractivity contribution in [3.63, 3.8) is 0 Å². The number of rotatable bonds is 3. The van der Waals surface area contributed by atoms with Crippen LogP contribution in [0.2, 0.25) is 0 Å². The molecule has 0 saturated carbocycles. The molecule has 0 saturated heterocycles. The molecule has 5 heteroatoms. The molecule has 0 amide bonds. The number of aryl methyl sites for hydroxylation is 4. The molecule has 2 aromatic carbocycles. The minimum atomic E-state index is -3.62. The van der Waals surface area contributed by atoms with Crippen LogP contribution in [-0.2, 0) is 10.0 Å². The first kappa shape index (κ1) is 15.4. The summed E-state index contributed by atoms with van der Waals surface area (Å²) in [5, 5.41) is 0. The molecule has 0 spiro atoms. The fourth-order valence-electron chi connectivity index (χ4n) is 2.34. The zero-order valence-electron chi connectivity index (χ0n) is 12.7. The summed E-state index contributed by atoms with van der Waals surface area (Å²) in [4.78, 5) is 0.304. The number of sulfonamides is 1. The van der Waals surface area contributed by atoms with Crippen molar-refractivity contribution >= 4 is 21.4 Å². The molecular formula is C16H20N2O2S. The van der Waals surface area contributed by atoms with Crippen LogP contribution in [0.4, 0.5) is 11.4 Å². The van der Waals surface area contributed by atoms with E-state index in [0.29, 0.717) is 16.3 Å². The zero-order valence-corrected chi connectivity index (χ0v) is 13.5. The van der Waals surface area contributed by atoms with Gasteiger partial charge in [0.05, 0.1) is 10.6 Å². The van der Waals surface area contributed by atoms with E-state index in [1.165, 1.54) is 0 Å². The summed E-state index contributed by atoms with van der Waals surface area (Å²) in [5.41, 5.74) is 10.2. The minimum absolute atomic E-state index is 0.304. The summed E-state index contributed by atoms with van der Waals surface area (Å²) in [6.07, 6.45) is 0. The molecule has 0 heterocycles. The number of hydrogen-bond acceptors (Lipinski definition) is 3. The van der Waals surface area contributed by atoms with E-state index < -0.39 is 10.0 Å². The second kappa shape index (κ2) is 5.41. The zero-order chi connectivity index (χ0) is 15.8. The van der Waals surface area contributed by atoms with Crippen LogP contribution in [0.25, 0.3) is 0 Å². The number of nitrogens with one attached hydrogen (secondary N) is 1. The highest BCUT2D eigenvalue weighted by atomic mass is 32.2. The van der Waals surface area contributed by atoms with E-state index in [1.807, 2.05) is 32.9 Å². The van der Waals surface area contributed by atoms with Crippen LogP contribution in [0.3, 0.4) is 0 Å². The quantitative estimate of drug-likeness (QED) is 0.855. The topological polar surface area (TPSA) is 72.2 Å². The van der Waals surface area contributed by atoms with Gasteiger partial charge in [-0.2, -0.15) is 0 Å². The standard InChI is InChI=1S/C16H20N2O2S/c1-10-5-6-11(2)15(7-10)21(19,20)18-16-12(3)8-14(17)9-13(16)4/h5-9,18H,17H2,1-4H3. The lowest BCUT2D eigenvalue weighted by atomic mass is 10.1. The largest absolute Gasteiger partial charge is 0.399 e. The van der Waals surface area contributed by atoms with Crippen molar-refractivity contribution in [1.29, 1.82) is 0 Å². The van der Waals surface area contributed by atoms with Crippen LogP contribution < -0.4 is 10.5 Å². The summed E-state index contributed by atoms with van der Waals surface area (Å²) in [6, 6.07) is 8.90. The third kappa shape index (κ3) is 3.19. The van der Waals surface area contributed by atoms with Crippen molar-refractivity contribution in [1.82, 2.24) is 0 Å². The summed E-state index contributed by atoms with van der Waals surface area (Å²) in [6.45, 7) is 7.34. The van der Waals surface area contributed by atoms with Crippen LogP contribution in [0.1, 0.15) is 22.3 Å². The summed E-state index contributed by atoms with van der Waals surface area (Å²) < 4.78 is 27.9. The summed E-state index contributed by atoms with van der Waals surface area (Å²) >= 11 is 0. The lowest BCUT2D eigenvalue weighted by Gasteiger charge is -2.15. The van der Waals surface area contributed by atoms with Crippen molar-refractivity contribution in [2.45, 2.75) is 32.6 Å². The fourth-order valence-corrected chi connectivity index (χ4v) is 3.88. The number of hydrogen-bond donors (Lipinski definition) is 2. The van der Waals surface area contributed by atoms with E-state index in [4.69, 9.17) is 5.73 Å². The maximum Gasteiger partial charge on any atom is 0.262 e. The highest BCUT2D eigenvalue weighted by molar-refractivity contribution is 7.92. The predicted molar refractivity (Wildman–Crippen MR) is 87.1 cm³/mol. The molecule has 3 N–H and O–H groups in total. The Morgan fingerprint density at radius 2 is 1.48 bits per heavy atom. The highest BCUT2D eigenvalue weighted by Crippen LogP contribution is 2.27. The monoisotopic (exact) mass is 304 g/mol.